The van der Waals surface area contributed by atoms with Crippen LogP contribution in [0.1, 0.15) is 28.2 Å². The van der Waals surface area contributed by atoms with Crippen molar-refractivity contribution >= 4 is 27.8 Å². The van der Waals surface area contributed by atoms with Gasteiger partial charge in [0.25, 0.3) is 0 Å². The molecule has 1 aromatic rings. The summed E-state index contributed by atoms with van der Waals surface area (Å²) in [5, 5.41) is 9.08. The van der Waals surface area contributed by atoms with Crippen molar-refractivity contribution in [3.63, 3.8) is 0 Å². The molecule has 0 unspecified atom stereocenters. The summed E-state index contributed by atoms with van der Waals surface area (Å²) in [7, 11) is -3.63. The lowest BCUT2D eigenvalue weighted by atomic mass is 10.2. The number of aryl methyl sites for hydroxylation is 1. The number of nitrogens with zero attached hydrogens (tertiary/aromatic N) is 1. The second kappa shape index (κ2) is 5.79. The number of aromatic amines is 1. The van der Waals surface area contributed by atoms with Gasteiger partial charge in [0.2, 0.25) is 10.0 Å². The topological polar surface area (TPSA) is 90.5 Å². The van der Waals surface area contributed by atoms with Crippen molar-refractivity contribution in [3.8, 4) is 0 Å². The quantitative estimate of drug-likeness (QED) is 0.880. The molecule has 0 amide bonds. The molecule has 1 aliphatic heterocycles. The minimum Gasteiger partial charge on any atom is -0.477 e. The van der Waals surface area contributed by atoms with Crippen LogP contribution in [0.15, 0.2) is 4.90 Å². The number of sulfonamides is 1. The van der Waals surface area contributed by atoms with Gasteiger partial charge < -0.3 is 10.1 Å². The van der Waals surface area contributed by atoms with Gasteiger partial charge in [-0.25, -0.2) is 13.2 Å². The van der Waals surface area contributed by atoms with Crippen molar-refractivity contribution in [1.82, 2.24) is 9.29 Å². The van der Waals surface area contributed by atoms with E-state index < -0.39 is 16.0 Å². The van der Waals surface area contributed by atoms with Gasteiger partial charge in [0.1, 0.15) is 10.6 Å². The van der Waals surface area contributed by atoms with Crippen molar-refractivity contribution in [2.24, 2.45) is 0 Å². The second-order valence-electron chi connectivity index (χ2n) is 4.75. The number of thioether (sulfide) groups is 1. The van der Waals surface area contributed by atoms with Crippen molar-refractivity contribution in [1.29, 1.82) is 0 Å². The van der Waals surface area contributed by atoms with Gasteiger partial charge in [-0.1, -0.05) is 0 Å². The third kappa shape index (κ3) is 2.72. The van der Waals surface area contributed by atoms with Crippen LogP contribution in [0.5, 0.6) is 0 Å². The number of carboxylic acid groups (broad SMARTS) is 1. The minimum absolute atomic E-state index is 0.0507. The molecule has 0 radical (unpaired) electrons. The number of hydrogen-bond acceptors (Lipinski definition) is 4. The zero-order chi connectivity index (χ0) is 14.9. The van der Waals surface area contributed by atoms with Crippen molar-refractivity contribution in [3.05, 3.63) is 17.0 Å². The van der Waals surface area contributed by atoms with Gasteiger partial charge in [-0.3, -0.25) is 0 Å². The molecule has 0 saturated carbocycles. The second-order valence-corrected chi connectivity index (χ2v) is 7.85. The summed E-state index contributed by atoms with van der Waals surface area (Å²) in [5.74, 6) is 0.587. The Morgan fingerprint density at radius 3 is 2.60 bits per heavy atom. The molecule has 0 aromatic carbocycles. The Bertz CT molecular complexity index is 614. The maximum absolute atomic E-state index is 12.7. The average molecular weight is 318 g/mol. The van der Waals surface area contributed by atoms with Gasteiger partial charge in [0.05, 0.1) is 0 Å². The molecule has 2 N–H and O–H groups in total. The molecule has 1 aliphatic rings. The Kier molecular flexibility index (Phi) is 4.46. The Balaban J connectivity index is 2.46. The number of carbonyl (C=O) groups is 1. The van der Waals surface area contributed by atoms with E-state index in [9.17, 15) is 13.2 Å². The number of carboxylic acids is 1. The first kappa shape index (κ1) is 15.4. The van der Waals surface area contributed by atoms with Gasteiger partial charge >= 0.3 is 5.97 Å². The number of hydrogen-bond donors (Lipinski definition) is 2. The number of aromatic carboxylic acids is 1. The van der Waals surface area contributed by atoms with E-state index in [1.807, 2.05) is 0 Å². The van der Waals surface area contributed by atoms with Crippen LogP contribution in [0.2, 0.25) is 0 Å². The van der Waals surface area contributed by atoms with E-state index >= 15 is 0 Å². The summed E-state index contributed by atoms with van der Waals surface area (Å²) >= 11 is 1.74. The highest BCUT2D eigenvalue weighted by Crippen LogP contribution is 2.27. The zero-order valence-corrected chi connectivity index (χ0v) is 13.1. The highest BCUT2D eigenvalue weighted by Gasteiger charge is 2.31. The smallest absolute Gasteiger partial charge is 0.352 e. The Morgan fingerprint density at radius 1 is 1.30 bits per heavy atom. The molecule has 20 heavy (non-hydrogen) atoms. The molecule has 1 saturated heterocycles. The molecule has 0 bridgehead atoms. The highest BCUT2D eigenvalue weighted by molar-refractivity contribution is 7.99. The average Bonchev–Trinajstić information content (AvgIpc) is 2.58. The lowest BCUT2D eigenvalue weighted by Gasteiger charge is -2.20. The lowest BCUT2D eigenvalue weighted by molar-refractivity contribution is 0.0690. The molecule has 0 aliphatic carbocycles. The summed E-state index contributed by atoms with van der Waals surface area (Å²) in [6.07, 6.45) is 0.818. The van der Waals surface area contributed by atoms with E-state index in [4.69, 9.17) is 5.11 Å². The maximum atomic E-state index is 12.7. The monoisotopic (exact) mass is 318 g/mol. The summed E-state index contributed by atoms with van der Waals surface area (Å²) < 4.78 is 26.9. The predicted molar refractivity (Wildman–Crippen MR) is 77.9 cm³/mol. The summed E-state index contributed by atoms with van der Waals surface area (Å²) in [6.45, 7) is 4.09. The Morgan fingerprint density at radius 2 is 2.00 bits per heavy atom. The van der Waals surface area contributed by atoms with Crippen molar-refractivity contribution in [2.75, 3.05) is 24.6 Å². The number of H-pyrrole nitrogens is 1. The normalized spacial score (nSPS) is 17.9. The molecular formula is C12H18N2O4S2. The van der Waals surface area contributed by atoms with Crippen LogP contribution in [0.3, 0.4) is 0 Å². The minimum atomic E-state index is -3.63. The van der Waals surface area contributed by atoms with E-state index in [0.29, 0.717) is 18.8 Å². The maximum Gasteiger partial charge on any atom is 0.352 e. The summed E-state index contributed by atoms with van der Waals surface area (Å²) in [5.41, 5.74) is 0.619. The molecule has 1 aromatic heterocycles. The molecule has 112 valence electrons. The first-order chi connectivity index (χ1) is 9.35. The fourth-order valence-electron chi connectivity index (χ4n) is 2.43. The van der Waals surface area contributed by atoms with Crippen LogP contribution >= 0.6 is 11.8 Å². The Hall–Kier alpha value is -0.990. The van der Waals surface area contributed by atoms with E-state index in [-0.39, 0.29) is 16.2 Å². The molecule has 0 atom stereocenters. The van der Waals surface area contributed by atoms with Crippen molar-refractivity contribution in [2.45, 2.75) is 25.2 Å². The molecule has 6 nitrogen and oxygen atoms in total. The molecule has 2 rings (SSSR count). The van der Waals surface area contributed by atoms with Gasteiger partial charge in [-0.15, -0.1) is 0 Å². The fourth-order valence-corrected chi connectivity index (χ4v) is 5.31. The van der Waals surface area contributed by atoms with Gasteiger partial charge in [-0.2, -0.15) is 16.1 Å². The zero-order valence-electron chi connectivity index (χ0n) is 11.5. The highest BCUT2D eigenvalue weighted by atomic mass is 32.2. The largest absolute Gasteiger partial charge is 0.477 e. The van der Waals surface area contributed by atoms with Gasteiger partial charge in [0.15, 0.2) is 0 Å². The number of rotatable bonds is 3. The van der Waals surface area contributed by atoms with E-state index in [0.717, 1.165) is 17.9 Å². The van der Waals surface area contributed by atoms with Crippen LogP contribution in [0.25, 0.3) is 0 Å². The van der Waals surface area contributed by atoms with Crippen LogP contribution in [-0.4, -0.2) is 53.4 Å². The van der Waals surface area contributed by atoms with E-state index in [2.05, 4.69) is 4.98 Å². The fraction of sp³-hybridized carbons (Fsp3) is 0.583. The van der Waals surface area contributed by atoms with Crippen LogP contribution in [-0.2, 0) is 10.0 Å². The molecule has 2 heterocycles. The summed E-state index contributed by atoms with van der Waals surface area (Å²) in [4.78, 5) is 13.9. The van der Waals surface area contributed by atoms with Crippen LogP contribution in [0.4, 0.5) is 0 Å². The SMILES string of the molecule is Cc1[nH]c(C(=O)O)c(C)c1S(=O)(=O)N1CCCSCC1. The van der Waals surface area contributed by atoms with Crippen LogP contribution in [0, 0.1) is 13.8 Å². The third-order valence-corrected chi connectivity index (χ3v) is 6.58. The van der Waals surface area contributed by atoms with E-state index in [1.54, 1.807) is 18.7 Å². The molecule has 8 heteroatoms. The Labute approximate surface area is 122 Å². The first-order valence-corrected chi connectivity index (χ1v) is 8.95. The number of nitrogens with one attached hydrogen (secondary N) is 1. The lowest BCUT2D eigenvalue weighted by Crippen LogP contribution is -2.33. The van der Waals surface area contributed by atoms with Gasteiger partial charge in [-0.05, 0) is 26.0 Å². The standard InChI is InChI=1S/C12H18N2O4S2/c1-8-10(12(15)16)13-9(2)11(8)20(17,18)14-4-3-6-19-7-5-14/h13H,3-7H2,1-2H3,(H,15,16). The van der Waals surface area contributed by atoms with Crippen molar-refractivity contribution < 1.29 is 18.3 Å². The van der Waals surface area contributed by atoms with Gasteiger partial charge in [0, 0.05) is 30.1 Å². The molecular weight excluding hydrogens is 300 g/mol. The van der Waals surface area contributed by atoms with E-state index in [1.165, 1.54) is 11.2 Å². The molecule has 0 spiro atoms. The number of aromatic nitrogens is 1. The van der Waals surface area contributed by atoms with Crippen LogP contribution < -0.4 is 0 Å². The molecule has 1 fully saturated rings. The third-order valence-electron chi connectivity index (χ3n) is 3.36. The summed E-state index contributed by atoms with van der Waals surface area (Å²) in [6, 6.07) is 0. The predicted octanol–water partition coefficient (Wildman–Crippen LogP) is 1.46. The first-order valence-electron chi connectivity index (χ1n) is 6.36.